The van der Waals surface area contributed by atoms with Gasteiger partial charge in [0.25, 0.3) is 5.56 Å². The average Bonchev–Trinajstić information content (AvgIpc) is 2.52. The van der Waals surface area contributed by atoms with Crippen molar-refractivity contribution in [2.45, 2.75) is 13.8 Å². The Morgan fingerprint density at radius 1 is 0.857 bits per heavy atom. The van der Waals surface area contributed by atoms with Crippen molar-refractivity contribution in [2.75, 3.05) is 0 Å². The molecule has 0 saturated heterocycles. The lowest BCUT2D eigenvalue weighted by molar-refractivity contribution is 1.09. The van der Waals surface area contributed by atoms with Crippen LogP contribution in [0.3, 0.4) is 0 Å². The van der Waals surface area contributed by atoms with Crippen molar-refractivity contribution in [3.05, 3.63) is 76.1 Å². The van der Waals surface area contributed by atoms with Gasteiger partial charge in [-0.2, -0.15) is 0 Å². The van der Waals surface area contributed by atoms with Gasteiger partial charge in [-0.1, -0.05) is 60.2 Å². The summed E-state index contributed by atoms with van der Waals surface area (Å²) in [6, 6.07) is 17.7. The molecule has 3 rings (SSSR count). The molecule has 3 nitrogen and oxygen atoms in total. The Kier molecular flexibility index (Phi) is 3.40. The summed E-state index contributed by atoms with van der Waals surface area (Å²) >= 11 is 0. The number of nitrogens with one attached hydrogen (secondary N) is 1. The first-order valence-electron chi connectivity index (χ1n) is 6.88. The van der Waals surface area contributed by atoms with E-state index in [2.05, 4.69) is 9.97 Å². The van der Waals surface area contributed by atoms with Gasteiger partial charge in [-0.15, -0.1) is 0 Å². The fourth-order valence-electron chi connectivity index (χ4n) is 2.26. The van der Waals surface area contributed by atoms with Gasteiger partial charge < -0.3 is 4.98 Å². The minimum atomic E-state index is -0.0978. The number of hydrogen-bond donors (Lipinski definition) is 1. The summed E-state index contributed by atoms with van der Waals surface area (Å²) in [6.07, 6.45) is 0. The van der Waals surface area contributed by atoms with Crippen molar-refractivity contribution in [1.82, 2.24) is 9.97 Å². The Hall–Kier alpha value is -2.68. The molecule has 0 radical (unpaired) electrons. The van der Waals surface area contributed by atoms with E-state index in [9.17, 15) is 4.79 Å². The molecule has 3 heteroatoms. The van der Waals surface area contributed by atoms with Crippen LogP contribution in [-0.4, -0.2) is 9.97 Å². The molecule has 0 saturated carbocycles. The minimum absolute atomic E-state index is 0.0978. The van der Waals surface area contributed by atoms with E-state index in [1.54, 1.807) is 6.92 Å². The topological polar surface area (TPSA) is 45.8 Å². The first-order chi connectivity index (χ1) is 10.1. The summed E-state index contributed by atoms with van der Waals surface area (Å²) in [5.41, 5.74) is 4.32. The number of H-pyrrole nitrogens is 1. The summed E-state index contributed by atoms with van der Waals surface area (Å²) in [6.45, 7) is 3.84. The number of aromatic nitrogens is 2. The quantitative estimate of drug-likeness (QED) is 0.775. The Bertz CT molecular complexity index is 818. The third-order valence-corrected chi connectivity index (χ3v) is 3.52. The normalized spacial score (nSPS) is 10.6. The van der Waals surface area contributed by atoms with Crippen molar-refractivity contribution in [3.63, 3.8) is 0 Å². The molecule has 0 aliphatic heterocycles. The molecule has 0 atom stereocenters. The molecule has 0 unspecified atom stereocenters. The van der Waals surface area contributed by atoms with Gasteiger partial charge in [0.05, 0.1) is 5.69 Å². The molecule has 21 heavy (non-hydrogen) atoms. The maximum Gasteiger partial charge on any atom is 0.254 e. The van der Waals surface area contributed by atoms with Crippen molar-refractivity contribution >= 4 is 0 Å². The lowest BCUT2D eigenvalue weighted by Gasteiger charge is -2.08. The standard InChI is InChI=1S/C18H16N2O/c1-12-8-10-14(11-9-12)16-13(2)18(21)20-17(19-16)15-6-4-3-5-7-15/h3-11H,1-2H3,(H,19,20,21). The first kappa shape index (κ1) is 13.3. The minimum Gasteiger partial charge on any atom is -0.306 e. The van der Waals surface area contributed by atoms with Gasteiger partial charge in [0, 0.05) is 16.7 Å². The highest BCUT2D eigenvalue weighted by atomic mass is 16.1. The molecule has 3 aromatic rings. The van der Waals surface area contributed by atoms with Gasteiger partial charge >= 0.3 is 0 Å². The highest BCUT2D eigenvalue weighted by molar-refractivity contribution is 5.66. The molecule has 1 aromatic heterocycles. The van der Waals surface area contributed by atoms with Crippen LogP contribution in [0.4, 0.5) is 0 Å². The van der Waals surface area contributed by atoms with Crippen LogP contribution < -0.4 is 5.56 Å². The fraction of sp³-hybridized carbons (Fsp3) is 0.111. The van der Waals surface area contributed by atoms with Crippen LogP contribution in [0.5, 0.6) is 0 Å². The fourth-order valence-corrected chi connectivity index (χ4v) is 2.26. The Labute approximate surface area is 123 Å². The van der Waals surface area contributed by atoms with E-state index in [1.165, 1.54) is 5.56 Å². The second kappa shape index (κ2) is 5.37. The van der Waals surface area contributed by atoms with E-state index in [-0.39, 0.29) is 5.56 Å². The van der Waals surface area contributed by atoms with Crippen molar-refractivity contribution < 1.29 is 0 Å². The van der Waals surface area contributed by atoms with Crippen LogP contribution >= 0.6 is 0 Å². The molecular formula is C18H16N2O. The third-order valence-electron chi connectivity index (χ3n) is 3.52. The molecule has 0 amide bonds. The maximum atomic E-state index is 12.2. The molecule has 2 aromatic carbocycles. The zero-order chi connectivity index (χ0) is 14.8. The number of rotatable bonds is 2. The predicted molar refractivity (Wildman–Crippen MR) is 85.2 cm³/mol. The first-order valence-corrected chi connectivity index (χ1v) is 6.88. The third kappa shape index (κ3) is 2.63. The van der Waals surface area contributed by atoms with E-state index >= 15 is 0 Å². The number of aryl methyl sites for hydroxylation is 1. The molecule has 1 N–H and O–H groups in total. The second-order valence-electron chi connectivity index (χ2n) is 5.12. The van der Waals surface area contributed by atoms with Crippen LogP contribution in [0.1, 0.15) is 11.1 Å². The van der Waals surface area contributed by atoms with Gasteiger partial charge in [-0.25, -0.2) is 4.98 Å². The molecular weight excluding hydrogens is 260 g/mol. The number of benzene rings is 2. The van der Waals surface area contributed by atoms with Crippen LogP contribution in [0.2, 0.25) is 0 Å². The molecule has 0 fully saturated rings. The molecule has 0 bridgehead atoms. The molecule has 0 aliphatic carbocycles. The average molecular weight is 276 g/mol. The van der Waals surface area contributed by atoms with E-state index in [0.717, 1.165) is 16.8 Å². The summed E-state index contributed by atoms with van der Waals surface area (Å²) in [7, 11) is 0. The predicted octanol–water partition coefficient (Wildman–Crippen LogP) is 3.72. The summed E-state index contributed by atoms with van der Waals surface area (Å²) in [5, 5.41) is 0. The molecule has 0 spiro atoms. The number of hydrogen-bond acceptors (Lipinski definition) is 2. The highest BCUT2D eigenvalue weighted by Crippen LogP contribution is 2.22. The summed E-state index contributed by atoms with van der Waals surface area (Å²) < 4.78 is 0. The Morgan fingerprint density at radius 2 is 1.52 bits per heavy atom. The zero-order valence-electron chi connectivity index (χ0n) is 12.1. The highest BCUT2D eigenvalue weighted by Gasteiger charge is 2.10. The summed E-state index contributed by atoms with van der Waals surface area (Å²) in [4.78, 5) is 19.7. The van der Waals surface area contributed by atoms with Crippen LogP contribution in [0.25, 0.3) is 22.6 Å². The van der Waals surface area contributed by atoms with E-state index in [4.69, 9.17) is 0 Å². The van der Waals surface area contributed by atoms with Crippen molar-refractivity contribution in [2.24, 2.45) is 0 Å². The maximum absolute atomic E-state index is 12.2. The van der Waals surface area contributed by atoms with E-state index in [1.807, 2.05) is 61.5 Å². The van der Waals surface area contributed by atoms with Gasteiger partial charge in [-0.3, -0.25) is 4.79 Å². The van der Waals surface area contributed by atoms with Crippen LogP contribution in [0.15, 0.2) is 59.4 Å². The van der Waals surface area contributed by atoms with Crippen molar-refractivity contribution in [3.8, 4) is 22.6 Å². The SMILES string of the molecule is Cc1ccc(-c2nc(-c3ccccc3)[nH]c(=O)c2C)cc1. The Morgan fingerprint density at radius 3 is 2.19 bits per heavy atom. The van der Waals surface area contributed by atoms with Crippen molar-refractivity contribution in [1.29, 1.82) is 0 Å². The number of aromatic amines is 1. The smallest absolute Gasteiger partial charge is 0.254 e. The van der Waals surface area contributed by atoms with Gasteiger partial charge in [0.15, 0.2) is 0 Å². The molecule has 104 valence electrons. The zero-order valence-corrected chi connectivity index (χ0v) is 12.1. The lowest BCUT2D eigenvalue weighted by Crippen LogP contribution is -2.14. The van der Waals surface area contributed by atoms with Crippen LogP contribution in [0, 0.1) is 13.8 Å². The second-order valence-corrected chi connectivity index (χ2v) is 5.12. The summed E-state index contributed by atoms with van der Waals surface area (Å²) in [5.74, 6) is 0.599. The van der Waals surface area contributed by atoms with Gasteiger partial charge in [-0.05, 0) is 13.8 Å². The lowest BCUT2D eigenvalue weighted by atomic mass is 10.1. The Balaban J connectivity index is 2.19. The largest absolute Gasteiger partial charge is 0.306 e. The van der Waals surface area contributed by atoms with Gasteiger partial charge in [0.2, 0.25) is 0 Å². The van der Waals surface area contributed by atoms with E-state index < -0.39 is 0 Å². The van der Waals surface area contributed by atoms with Gasteiger partial charge in [0.1, 0.15) is 5.82 Å². The number of nitrogens with zero attached hydrogens (tertiary/aromatic N) is 1. The molecule has 0 aliphatic rings. The van der Waals surface area contributed by atoms with Crippen LogP contribution in [-0.2, 0) is 0 Å². The molecule has 1 heterocycles. The van der Waals surface area contributed by atoms with E-state index in [0.29, 0.717) is 11.4 Å². The monoisotopic (exact) mass is 276 g/mol.